The molecule has 2 rings (SSSR count). The molecule has 0 aliphatic rings. The van der Waals surface area contributed by atoms with Gasteiger partial charge < -0.3 is 10.3 Å². The number of nitrogen functional groups attached to an aromatic ring is 1. The van der Waals surface area contributed by atoms with Gasteiger partial charge in [-0.2, -0.15) is 5.10 Å². The van der Waals surface area contributed by atoms with Crippen LogP contribution >= 0.6 is 0 Å². The van der Waals surface area contributed by atoms with E-state index in [1.54, 1.807) is 0 Å². The zero-order valence-electron chi connectivity index (χ0n) is 12.1. The summed E-state index contributed by atoms with van der Waals surface area (Å²) >= 11 is 0. The summed E-state index contributed by atoms with van der Waals surface area (Å²) in [5.41, 5.74) is 8.08. The molecular formula is C14H23N5. The molecule has 0 aromatic carbocycles. The van der Waals surface area contributed by atoms with Gasteiger partial charge in [-0.25, -0.2) is 4.98 Å². The quantitative estimate of drug-likeness (QED) is 0.869. The number of nitrogens with zero attached hydrogens (tertiary/aromatic N) is 4. The smallest absolute Gasteiger partial charge is 0.131 e. The second-order valence-electron chi connectivity index (χ2n) is 4.89. The molecule has 0 radical (unpaired) electrons. The highest BCUT2D eigenvalue weighted by atomic mass is 15.3. The summed E-state index contributed by atoms with van der Waals surface area (Å²) in [7, 11) is 0. The average molecular weight is 261 g/mol. The van der Waals surface area contributed by atoms with Crippen molar-refractivity contribution >= 4 is 5.82 Å². The van der Waals surface area contributed by atoms with E-state index in [-0.39, 0.29) is 0 Å². The van der Waals surface area contributed by atoms with Gasteiger partial charge in [-0.1, -0.05) is 20.3 Å². The number of aryl methyl sites for hydroxylation is 2. The molecule has 0 aliphatic carbocycles. The van der Waals surface area contributed by atoms with Crippen LogP contribution in [0, 0.1) is 6.92 Å². The first-order valence-corrected chi connectivity index (χ1v) is 7.02. The van der Waals surface area contributed by atoms with Crippen molar-refractivity contribution in [3.8, 4) is 11.3 Å². The van der Waals surface area contributed by atoms with E-state index in [0.717, 1.165) is 55.3 Å². The summed E-state index contributed by atoms with van der Waals surface area (Å²) in [6.45, 7) is 8.18. The Morgan fingerprint density at radius 2 is 2.00 bits per heavy atom. The number of unbranched alkanes of at least 4 members (excludes halogenated alkanes) is 1. The predicted molar refractivity (Wildman–Crippen MR) is 77.8 cm³/mol. The van der Waals surface area contributed by atoms with Crippen molar-refractivity contribution in [2.45, 2.75) is 53.1 Å². The fraction of sp³-hybridized carbons (Fsp3) is 0.571. The van der Waals surface area contributed by atoms with Gasteiger partial charge in [0.15, 0.2) is 0 Å². The number of anilines is 1. The minimum Gasteiger partial charge on any atom is -0.383 e. The Labute approximate surface area is 114 Å². The fourth-order valence-electron chi connectivity index (χ4n) is 2.23. The maximum atomic E-state index is 6.22. The van der Waals surface area contributed by atoms with E-state index in [4.69, 9.17) is 5.73 Å². The van der Waals surface area contributed by atoms with Gasteiger partial charge in [-0.15, -0.1) is 0 Å². The first-order valence-electron chi connectivity index (χ1n) is 7.02. The van der Waals surface area contributed by atoms with Gasteiger partial charge in [0.25, 0.3) is 0 Å². The molecule has 5 heteroatoms. The molecule has 0 spiro atoms. The Bertz CT molecular complexity index is 538. The largest absolute Gasteiger partial charge is 0.383 e. The topological polar surface area (TPSA) is 61.7 Å². The molecule has 0 atom stereocenters. The van der Waals surface area contributed by atoms with Crippen LogP contribution in [0.1, 0.15) is 38.9 Å². The molecule has 2 heterocycles. The van der Waals surface area contributed by atoms with E-state index in [1.807, 2.05) is 24.0 Å². The SMILES string of the molecule is CCCCn1c(C)nc(-c2cnn(CCC)c2)c1N. The maximum absolute atomic E-state index is 6.22. The summed E-state index contributed by atoms with van der Waals surface area (Å²) in [5.74, 6) is 1.73. The van der Waals surface area contributed by atoms with Crippen LogP contribution in [-0.4, -0.2) is 19.3 Å². The van der Waals surface area contributed by atoms with Crippen molar-refractivity contribution in [1.82, 2.24) is 19.3 Å². The van der Waals surface area contributed by atoms with E-state index < -0.39 is 0 Å². The van der Waals surface area contributed by atoms with Crippen LogP contribution in [-0.2, 0) is 13.1 Å². The van der Waals surface area contributed by atoms with Gasteiger partial charge in [0.2, 0.25) is 0 Å². The van der Waals surface area contributed by atoms with Crippen LogP contribution in [0.5, 0.6) is 0 Å². The molecule has 0 fully saturated rings. The lowest BCUT2D eigenvalue weighted by Crippen LogP contribution is -2.04. The van der Waals surface area contributed by atoms with Crippen LogP contribution in [0.15, 0.2) is 12.4 Å². The summed E-state index contributed by atoms with van der Waals surface area (Å²) in [6, 6.07) is 0. The second kappa shape index (κ2) is 5.91. The minimum absolute atomic E-state index is 0.752. The molecule has 0 saturated heterocycles. The monoisotopic (exact) mass is 261 g/mol. The third-order valence-corrected chi connectivity index (χ3v) is 3.29. The molecular weight excluding hydrogens is 238 g/mol. The van der Waals surface area contributed by atoms with Crippen LogP contribution < -0.4 is 5.73 Å². The number of aromatic nitrogens is 4. The zero-order valence-corrected chi connectivity index (χ0v) is 12.1. The van der Waals surface area contributed by atoms with Gasteiger partial charge in [0.05, 0.1) is 6.20 Å². The number of nitrogens with two attached hydrogens (primary N) is 1. The Kier molecular flexibility index (Phi) is 4.24. The van der Waals surface area contributed by atoms with Crippen molar-refractivity contribution in [1.29, 1.82) is 0 Å². The highest BCUT2D eigenvalue weighted by Gasteiger charge is 2.14. The Balaban J connectivity index is 2.28. The van der Waals surface area contributed by atoms with Gasteiger partial charge in [-0.05, 0) is 19.8 Å². The molecule has 2 aromatic heterocycles. The molecule has 104 valence electrons. The molecule has 0 bridgehead atoms. The third kappa shape index (κ3) is 2.80. The van der Waals surface area contributed by atoms with E-state index >= 15 is 0 Å². The van der Waals surface area contributed by atoms with Gasteiger partial charge in [0.1, 0.15) is 17.3 Å². The van der Waals surface area contributed by atoms with Gasteiger partial charge >= 0.3 is 0 Å². The average Bonchev–Trinajstić information content (AvgIpc) is 2.94. The number of imidazole rings is 1. The first kappa shape index (κ1) is 13.6. The lowest BCUT2D eigenvalue weighted by Gasteiger charge is -2.06. The Hall–Kier alpha value is -1.78. The zero-order chi connectivity index (χ0) is 13.8. The summed E-state index contributed by atoms with van der Waals surface area (Å²) in [6.07, 6.45) is 7.21. The molecule has 19 heavy (non-hydrogen) atoms. The Morgan fingerprint density at radius 1 is 1.21 bits per heavy atom. The predicted octanol–water partition coefficient (Wildman–Crippen LogP) is 2.85. The second-order valence-corrected chi connectivity index (χ2v) is 4.89. The van der Waals surface area contributed by atoms with Crippen LogP contribution in [0.2, 0.25) is 0 Å². The molecule has 2 N–H and O–H groups in total. The normalized spacial score (nSPS) is 11.1. The van der Waals surface area contributed by atoms with Crippen molar-refractivity contribution < 1.29 is 0 Å². The number of hydrogen-bond donors (Lipinski definition) is 1. The highest BCUT2D eigenvalue weighted by Crippen LogP contribution is 2.26. The highest BCUT2D eigenvalue weighted by molar-refractivity contribution is 5.69. The van der Waals surface area contributed by atoms with Crippen molar-refractivity contribution in [3.05, 3.63) is 18.2 Å². The third-order valence-electron chi connectivity index (χ3n) is 3.29. The fourth-order valence-corrected chi connectivity index (χ4v) is 2.23. The lowest BCUT2D eigenvalue weighted by atomic mass is 10.2. The van der Waals surface area contributed by atoms with Crippen LogP contribution in [0.3, 0.4) is 0 Å². The summed E-state index contributed by atoms with van der Waals surface area (Å²) in [4.78, 5) is 4.59. The first-order chi connectivity index (χ1) is 9.17. The molecule has 5 nitrogen and oxygen atoms in total. The van der Waals surface area contributed by atoms with Crippen LogP contribution in [0.4, 0.5) is 5.82 Å². The molecule has 0 unspecified atom stereocenters. The molecule has 0 aliphatic heterocycles. The van der Waals surface area contributed by atoms with Crippen molar-refractivity contribution in [3.63, 3.8) is 0 Å². The minimum atomic E-state index is 0.752. The van der Waals surface area contributed by atoms with E-state index in [9.17, 15) is 0 Å². The lowest BCUT2D eigenvalue weighted by molar-refractivity contribution is 0.603. The Morgan fingerprint density at radius 3 is 2.68 bits per heavy atom. The summed E-state index contributed by atoms with van der Waals surface area (Å²) < 4.78 is 4.03. The van der Waals surface area contributed by atoms with E-state index in [1.165, 1.54) is 0 Å². The molecule has 0 saturated carbocycles. The van der Waals surface area contributed by atoms with Crippen molar-refractivity contribution in [2.24, 2.45) is 0 Å². The maximum Gasteiger partial charge on any atom is 0.131 e. The van der Waals surface area contributed by atoms with Crippen molar-refractivity contribution in [2.75, 3.05) is 5.73 Å². The summed E-state index contributed by atoms with van der Waals surface area (Å²) in [5, 5.41) is 4.34. The van der Waals surface area contributed by atoms with Gasteiger partial charge in [-0.3, -0.25) is 4.68 Å². The van der Waals surface area contributed by atoms with E-state index in [0.29, 0.717) is 0 Å². The van der Waals surface area contributed by atoms with Gasteiger partial charge in [0, 0.05) is 24.8 Å². The number of rotatable bonds is 6. The van der Waals surface area contributed by atoms with E-state index in [2.05, 4.69) is 28.5 Å². The van der Waals surface area contributed by atoms with Crippen LogP contribution in [0.25, 0.3) is 11.3 Å². The molecule has 0 amide bonds. The number of hydrogen-bond acceptors (Lipinski definition) is 3. The standard InChI is InChI=1S/C14H23N5/c1-4-6-8-19-11(3)17-13(14(19)15)12-9-16-18(10-12)7-5-2/h9-10H,4-8,15H2,1-3H3. The molecule has 2 aromatic rings.